The molecule has 1 aromatic carbocycles. The first-order chi connectivity index (χ1) is 10.6. The number of hydrogen-bond acceptors (Lipinski definition) is 7. The molecule has 2 aromatic heterocycles. The third kappa shape index (κ3) is 2.20. The molecule has 0 aliphatic carbocycles. The van der Waals surface area contributed by atoms with E-state index in [2.05, 4.69) is 25.5 Å². The van der Waals surface area contributed by atoms with E-state index in [0.717, 1.165) is 0 Å². The van der Waals surface area contributed by atoms with E-state index >= 15 is 0 Å². The molecule has 22 heavy (non-hydrogen) atoms. The second-order valence-corrected chi connectivity index (χ2v) is 5.07. The predicted molar refractivity (Wildman–Crippen MR) is 80.5 cm³/mol. The highest BCUT2D eigenvalue weighted by atomic mass is 35.5. The number of tetrazole rings is 1. The summed E-state index contributed by atoms with van der Waals surface area (Å²) >= 11 is 12.5. The Morgan fingerprint density at radius 3 is 2.36 bits per heavy atom. The summed E-state index contributed by atoms with van der Waals surface area (Å²) in [6, 6.07) is 1.60. The van der Waals surface area contributed by atoms with Crippen LogP contribution in [0.2, 0.25) is 10.0 Å². The van der Waals surface area contributed by atoms with Gasteiger partial charge in [-0.2, -0.15) is 0 Å². The quantitative estimate of drug-likeness (QED) is 0.721. The summed E-state index contributed by atoms with van der Waals surface area (Å²) in [5.41, 5.74) is 1.43. The molecular formula is C12H10Cl2N6O2. The summed E-state index contributed by atoms with van der Waals surface area (Å²) < 4.78 is 11.8. The van der Waals surface area contributed by atoms with Crippen molar-refractivity contribution in [2.24, 2.45) is 7.05 Å². The smallest absolute Gasteiger partial charge is 0.278 e. The minimum atomic E-state index is 0.227. The molecule has 0 N–H and O–H groups in total. The van der Waals surface area contributed by atoms with Gasteiger partial charge >= 0.3 is 0 Å². The number of rotatable bonds is 3. The molecule has 114 valence electrons. The molecule has 3 aromatic rings. The zero-order valence-electron chi connectivity index (χ0n) is 11.8. The Morgan fingerprint density at radius 2 is 1.77 bits per heavy atom. The third-order valence-electron chi connectivity index (χ3n) is 3.02. The van der Waals surface area contributed by atoms with Crippen molar-refractivity contribution >= 4 is 34.2 Å². The van der Waals surface area contributed by atoms with Crippen LogP contribution in [0.3, 0.4) is 0 Å². The van der Waals surface area contributed by atoms with E-state index in [1.54, 1.807) is 13.1 Å². The summed E-state index contributed by atoms with van der Waals surface area (Å²) in [6.07, 6.45) is 0. The van der Waals surface area contributed by atoms with Crippen molar-refractivity contribution in [3.05, 3.63) is 16.1 Å². The van der Waals surface area contributed by atoms with Crippen LogP contribution in [0.25, 0.3) is 22.4 Å². The topological polar surface area (TPSA) is 87.8 Å². The molecule has 8 nitrogen and oxygen atoms in total. The zero-order valence-corrected chi connectivity index (χ0v) is 13.3. The predicted octanol–water partition coefficient (Wildman–Crippen LogP) is 2.14. The van der Waals surface area contributed by atoms with Crippen LogP contribution in [0.1, 0.15) is 0 Å². The Bertz CT molecular complexity index is 866. The van der Waals surface area contributed by atoms with Gasteiger partial charge in [0.25, 0.3) is 11.8 Å². The number of aryl methyl sites for hydroxylation is 1. The van der Waals surface area contributed by atoms with Gasteiger partial charge in [-0.15, -0.1) is 5.10 Å². The maximum Gasteiger partial charge on any atom is 0.278 e. The number of hydrogen-bond donors (Lipinski definition) is 0. The average molecular weight is 341 g/mol. The molecule has 0 unspecified atom stereocenters. The van der Waals surface area contributed by atoms with Crippen LogP contribution in [0, 0.1) is 0 Å². The van der Waals surface area contributed by atoms with E-state index in [1.165, 1.54) is 18.9 Å². The standard InChI is InChI=1S/C12H10Cl2N6O2/c1-20-10(17-18-19-20)7-8(14)5(13)4-6-9(7)16-12(22-3)11(15-6)21-2/h4H,1-3H3. The summed E-state index contributed by atoms with van der Waals surface area (Å²) in [4.78, 5) is 8.74. The van der Waals surface area contributed by atoms with Gasteiger partial charge in [0.1, 0.15) is 5.52 Å². The number of nitrogens with zero attached hydrogens (tertiary/aromatic N) is 6. The van der Waals surface area contributed by atoms with E-state index in [-0.39, 0.29) is 16.8 Å². The Hall–Kier alpha value is -2.19. The minimum Gasteiger partial charge on any atom is -0.477 e. The van der Waals surface area contributed by atoms with Crippen molar-refractivity contribution in [1.29, 1.82) is 0 Å². The lowest BCUT2D eigenvalue weighted by molar-refractivity contribution is 0.334. The fraction of sp³-hybridized carbons (Fsp3) is 0.250. The molecule has 0 amide bonds. The lowest BCUT2D eigenvalue weighted by Gasteiger charge is -2.11. The number of aromatic nitrogens is 6. The van der Waals surface area contributed by atoms with Gasteiger partial charge in [-0.05, 0) is 16.5 Å². The Balaban J connectivity index is 2.44. The lowest BCUT2D eigenvalue weighted by Crippen LogP contribution is -2.01. The molecule has 0 aliphatic heterocycles. The average Bonchev–Trinajstić information content (AvgIpc) is 2.93. The second kappa shape index (κ2) is 5.54. The van der Waals surface area contributed by atoms with Crippen LogP contribution in [0.5, 0.6) is 11.8 Å². The zero-order chi connectivity index (χ0) is 15.9. The number of fused-ring (bicyclic) bond motifs is 1. The maximum atomic E-state index is 6.32. The second-order valence-electron chi connectivity index (χ2n) is 4.28. The van der Waals surface area contributed by atoms with Crippen LogP contribution in [-0.4, -0.2) is 44.4 Å². The molecule has 2 heterocycles. The van der Waals surface area contributed by atoms with E-state index in [4.69, 9.17) is 32.7 Å². The monoisotopic (exact) mass is 340 g/mol. The van der Waals surface area contributed by atoms with Gasteiger partial charge in [0.05, 0.1) is 35.3 Å². The minimum absolute atomic E-state index is 0.227. The van der Waals surface area contributed by atoms with Crippen molar-refractivity contribution in [2.75, 3.05) is 14.2 Å². The fourth-order valence-electron chi connectivity index (χ4n) is 2.02. The van der Waals surface area contributed by atoms with Crippen LogP contribution in [0.4, 0.5) is 0 Å². The van der Waals surface area contributed by atoms with Gasteiger partial charge in [-0.1, -0.05) is 23.2 Å². The van der Waals surface area contributed by atoms with Gasteiger partial charge < -0.3 is 9.47 Å². The first kappa shape index (κ1) is 14.7. The molecule has 10 heteroatoms. The van der Waals surface area contributed by atoms with Crippen molar-refractivity contribution in [2.45, 2.75) is 0 Å². The Morgan fingerprint density at radius 1 is 1.09 bits per heavy atom. The molecule has 0 radical (unpaired) electrons. The van der Waals surface area contributed by atoms with Crippen LogP contribution in [-0.2, 0) is 7.05 Å². The molecular weight excluding hydrogens is 331 g/mol. The van der Waals surface area contributed by atoms with Crippen LogP contribution in [0.15, 0.2) is 6.07 Å². The first-order valence-electron chi connectivity index (χ1n) is 6.07. The van der Waals surface area contributed by atoms with E-state index < -0.39 is 0 Å². The van der Waals surface area contributed by atoms with Crippen molar-refractivity contribution in [1.82, 2.24) is 30.2 Å². The van der Waals surface area contributed by atoms with Crippen molar-refractivity contribution < 1.29 is 9.47 Å². The number of methoxy groups -OCH3 is 2. The highest BCUT2D eigenvalue weighted by Gasteiger charge is 2.21. The maximum absolute atomic E-state index is 6.32. The van der Waals surface area contributed by atoms with E-state index in [1.807, 2.05) is 0 Å². The van der Waals surface area contributed by atoms with E-state index in [9.17, 15) is 0 Å². The van der Waals surface area contributed by atoms with Crippen molar-refractivity contribution in [3.8, 4) is 23.1 Å². The highest BCUT2D eigenvalue weighted by Crippen LogP contribution is 2.39. The fourth-order valence-corrected chi connectivity index (χ4v) is 2.45. The molecule has 3 rings (SSSR count). The van der Waals surface area contributed by atoms with Gasteiger partial charge in [0, 0.05) is 7.05 Å². The molecule has 0 fully saturated rings. The van der Waals surface area contributed by atoms with Gasteiger partial charge in [0.15, 0.2) is 5.82 Å². The Kier molecular flexibility index (Phi) is 3.71. The van der Waals surface area contributed by atoms with Crippen molar-refractivity contribution in [3.63, 3.8) is 0 Å². The SMILES string of the molecule is COc1nc2cc(Cl)c(Cl)c(-c3nnnn3C)c2nc1OC. The molecule has 0 aliphatic rings. The van der Waals surface area contributed by atoms with E-state index in [0.29, 0.717) is 27.4 Å². The number of benzene rings is 1. The first-order valence-corrected chi connectivity index (χ1v) is 6.82. The Labute approximate surface area is 135 Å². The normalized spacial score (nSPS) is 11.0. The van der Waals surface area contributed by atoms with Crippen LogP contribution < -0.4 is 9.47 Å². The summed E-state index contributed by atoms with van der Waals surface area (Å²) in [5.74, 6) is 0.888. The number of halogens is 2. The van der Waals surface area contributed by atoms with Gasteiger partial charge in [0.2, 0.25) is 0 Å². The van der Waals surface area contributed by atoms with Gasteiger partial charge in [-0.25, -0.2) is 14.6 Å². The third-order valence-corrected chi connectivity index (χ3v) is 3.81. The molecule has 0 saturated heterocycles. The highest BCUT2D eigenvalue weighted by molar-refractivity contribution is 6.45. The molecule has 0 atom stereocenters. The van der Waals surface area contributed by atoms with Crippen LogP contribution >= 0.6 is 23.2 Å². The molecule has 0 spiro atoms. The summed E-state index contributed by atoms with van der Waals surface area (Å²) in [7, 11) is 4.63. The molecule has 0 bridgehead atoms. The molecule has 0 saturated carbocycles. The summed E-state index contributed by atoms with van der Waals surface area (Å²) in [5, 5.41) is 12.0. The number of ether oxygens (including phenoxy) is 2. The van der Waals surface area contributed by atoms with Gasteiger partial charge in [-0.3, -0.25) is 0 Å². The largest absolute Gasteiger partial charge is 0.477 e. The summed E-state index contributed by atoms with van der Waals surface area (Å²) in [6.45, 7) is 0. The lowest BCUT2D eigenvalue weighted by atomic mass is 10.1.